The number of carbonyl (C=O) groups excluding carboxylic acids is 2. The van der Waals surface area contributed by atoms with E-state index in [-0.39, 0.29) is 11.4 Å². The molecule has 2 rings (SSSR count). The molecule has 9 nitrogen and oxygen atoms in total. The van der Waals surface area contributed by atoms with Crippen molar-refractivity contribution in [1.29, 1.82) is 0 Å². The van der Waals surface area contributed by atoms with Crippen molar-refractivity contribution in [3.05, 3.63) is 46.6 Å². The lowest BCUT2D eigenvalue weighted by atomic mass is 9.98. The first kappa shape index (κ1) is 36.8. The Morgan fingerprint density at radius 1 is 1.07 bits per heavy atom. The van der Waals surface area contributed by atoms with E-state index in [0.717, 1.165) is 22.9 Å². The first-order chi connectivity index (χ1) is 19.4. The molecule has 2 aromatic rings. The highest BCUT2D eigenvalue weighted by Crippen LogP contribution is 2.41. The van der Waals surface area contributed by atoms with E-state index in [1.54, 1.807) is 33.9 Å². The van der Waals surface area contributed by atoms with E-state index in [2.05, 4.69) is 15.0 Å². The van der Waals surface area contributed by atoms with E-state index in [0.29, 0.717) is 0 Å². The average Bonchev–Trinajstić information content (AvgIpc) is 2.82. The summed E-state index contributed by atoms with van der Waals surface area (Å²) in [6.07, 6.45) is -7.59. The van der Waals surface area contributed by atoms with Gasteiger partial charge >= 0.3 is 16.2 Å². The maximum absolute atomic E-state index is 14.4. The lowest BCUT2D eigenvalue weighted by Crippen LogP contribution is -2.59. The summed E-state index contributed by atoms with van der Waals surface area (Å²) in [4.78, 5) is 42.9. The van der Waals surface area contributed by atoms with Crippen molar-refractivity contribution in [3.8, 4) is 11.4 Å². The molecule has 1 heterocycles. The van der Waals surface area contributed by atoms with E-state index in [1.165, 1.54) is 26.0 Å². The lowest BCUT2D eigenvalue weighted by molar-refractivity contribution is -0.210. The molecular formula is C26H33Cl3F4N4O5Si. The zero-order valence-electron chi connectivity index (χ0n) is 24.4. The lowest BCUT2D eigenvalue weighted by Gasteiger charge is -2.42. The van der Waals surface area contributed by atoms with Gasteiger partial charge in [-0.2, -0.15) is 13.2 Å². The molecule has 240 valence electrons. The zero-order chi connectivity index (χ0) is 33.1. The second kappa shape index (κ2) is 13.7. The largest absolute Gasteiger partial charge is 0.415 e. The summed E-state index contributed by atoms with van der Waals surface area (Å²) in [5.74, 6) is -2.47. The molecule has 17 heteroatoms. The molecule has 2 N–H and O–H groups in total. The number of amides is 2. The fraction of sp³-hybridized carbons (Fsp3) is 0.538. The van der Waals surface area contributed by atoms with Gasteiger partial charge in [0, 0.05) is 5.56 Å². The van der Waals surface area contributed by atoms with E-state index in [1.807, 2.05) is 5.32 Å². The molecule has 0 radical (unpaired) electrons. The van der Waals surface area contributed by atoms with Crippen LogP contribution in [0.4, 0.5) is 28.0 Å². The summed E-state index contributed by atoms with van der Waals surface area (Å²) in [6.45, 7) is 10.9. The fourth-order valence-electron chi connectivity index (χ4n) is 3.60. The normalized spacial score (nSPS) is 14.3. The van der Waals surface area contributed by atoms with Crippen LogP contribution >= 0.6 is 34.8 Å². The third-order valence-electron chi connectivity index (χ3n) is 6.82. The van der Waals surface area contributed by atoms with Crippen LogP contribution in [0.3, 0.4) is 0 Å². The Hall–Kier alpha value is -2.39. The highest BCUT2D eigenvalue weighted by Gasteiger charge is 2.52. The third-order valence-corrected chi connectivity index (χ3v) is 11.5. The minimum Gasteiger partial charge on any atom is -0.404 e. The molecule has 0 bridgehead atoms. The number of carbonyl (C=O) groups is 2. The van der Waals surface area contributed by atoms with Crippen molar-refractivity contribution in [2.45, 2.75) is 81.6 Å². The summed E-state index contributed by atoms with van der Waals surface area (Å²) in [5, 5.41) is 3.86. The Bertz CT molecular complexity index is 1360. The molecule has 0 saturated carbocycles. The highest BCUT2D eigenvalue weighted by atomic mass is 35.6. The number of alkyl halides is 6. The first-order valence-electron chi connectivity index (χ1n) is 12.9. The van der Waals surface area contributed by atoms with Gasteiger partial charge < -0.3 is 14.5 Å². The van der Waals surface area contributed by atoms with Crippen LogP contribution in [0.1, 0.15) is 34.6 Å². The molecule has 1 aromatic carbocycles. The van der Waals surface area contributed by atoms with Crippen LogP contribution in [-0.4, -0.2) is 52.2 Å². The van der Waals surface area contributed by atoms with E-state index in [4.69, 9.17) is 39.2 Å². The van der Waals surface area contributed by atoms with Gasteiger partial charge in [-0.25, -0.2) is 14.2 Å². The average molecular weight is 692 g/mol. The van der Waals surface area contributed by atoms with E-state index in [9.17, 15) is 31.9 Å². The van der Waals surface area contributed by atoms with Crippen LogP contribution in [0, 0.1) is 11.7 Å². The Kier molecular flexibility index (Phi) is 11.7. The SMILES string of the molecule is CC(C)C(NC(=O)Cn1c(-c2ccc(F)cc2)ncc(NC(=O)OC(Cl)(Cl)Cl)c1=O)C(O[Si](C)(C)C(C)(C)C)C(F)(F)F. The number of nitrogens with one attached hydrogen (secondary N) is 2. The number of rotatable bonds is 9. The molecule has 1 aromatic heterocycles. The van der Waals surface area contributed by atoms with Gasteiger partial charge in [-0.3, -0.25) is 19.5 Å². The summed E-state index contributed by atoms with van der Waals surface area (Å²) in [7, 11) is -2.97. The third kappa shape index (κ3) is 10.3. The first-order valence-corrected chi connectivity index (χ1v) is 16.9. The summed E-state index contributed by atoms with van der Waals surface area (Å²) in [5.41, 5.74) is -1.32. The molecule has 0 aliphatic heterocycles. The monoisotopic (exact) mass is 690 g/mol. The second-order valence-corrected chi connectivity index (χ2v) is 18.5. The molecule has 0 fully saturated rings. The summed E-state index contributed by atoms with van der Waals surface area (Å²) < 4.78 is 65.3. The predicted molar refractivity (Wildman–Crippen MR) is 159 cm³/mol. The molecule has 0 aliphatic carbocycles. The second-order valence-electron chi connectivity index (χ2n) is 11.5. The van der Waals surface area contributed by atoms with Crippen molar-refractivity contribution in [3.63, 3.8) is 0 Å². The Morgan fingerprint density at radius 2 is 1.63 bits per heavy atom. The highest BCUT2D eigenvalue weighted by molar-refractivity contribution is 6.74. The van der Waals surface area contributed by atoms with Crippen LogP contribution < -0.4 is 16.2 Å². The molecule has 43 heavy (non-hydrogen) atoms. The van der Waals surface area contributed by atoms with Crippen molar-refractivity contribution in [2.75, 3.05) is 5.32 Å². The minimum absolute atomic E-state index is 0.147. The number of hydrogen-bond donors (Lipinski definition) is 2. The number of benzene rings is 1. The smallest absolute Gasteiger partial charge is 0.404 e. The van der Waals surface area contributed by atoms with Crippen LogP contribution in [-0.2, 0) is 20.5 Å². The Balaban J connectivity index is 2.52. The number of aromatic nitrogens is 2. The van der Waals surface area contributed by atoms with Crippen LogP contribution in [0.2, 0.25) is 18.1 Å². The van der Waals surface area contributed by atoms with Crippen molar-refractivity contribution < 1.29 is 36.3 Å². The van der Waals surface area contributed by atoms with Gasteiger partial charge in [-0.1, -0.05) is 34.6 Å². The summed E-state index contributed by atoms with van der Waals surface area (Å²) >= 11 is 16.3. The molecule has 0 saturated heterocycles. The minimum atomic E-state index is -4.83. The van der Waals surface area contributed by atoms with Gasteiger partial charge in [0.25, 0.3) is 5.56 Å². The number of hydrogen-bond acceptors (Lipinski definition) is 6. The molecule has 2 unspecified atom stereocenters. The standard InChI is InChI=1S/C26H33Cl3F4N4O5Si/c1-14(2)19(20(25(31,32)33)42-43(6,7)24(3,4)5)36-18(38)13-37-21(15-8-10-16(30)11-9-15)34-12-17(22(37)39)35-23(40)41-26(27,28)29/h8-12,14,19-20H,13H2,1-7H3,(H,35,40)(H,36,38). The molecule has 2 amide bonds. The van der Waals surface area contributed by atoms with E-state index >= 15 is 0 Å². The van der Waals surface area contributed by atoms with Crippen LogP contribution in [0.25, 0.3) is 11.4 Å². The van der Waals surface area contributed by atoms with Gasteiger partial charge in [0.05, 0.1) is 12.2 Å². The van der Waals surface area contributed by atoms with Crippen molar-refractivity contribution in [2.24, 2.45) is 5.92 Å². The molecule has 0 aliphatic rings. The number of ether oxygens (including phenoxy) is 1. The Morgan fingerprint density at radius 3 is 2.09 bits per heavy atom. The number of nitrogens with zero attached hydrogens (tertiary/aromatic N) is 2. The van der Waals surface area contributed by atoms with E-state index < -0.39 is 77.2 Å². The maximum atomic E-state index is 14.4. The number of anilines is 1. The van der Waals surface area contributed by atoms with Gasteiger partial charge in [0.2, 0.25) is 5.91 Å². The van der Waals surface area contributed by atoms with Crippen LogP contribution in [0.15, 0.2) is 35.3 Å². The topological polar surface area (TPSA) is 112 Å². The van der Waals surface area contributed by atoms with Gasteiger partial charge in [0.15, 0.2) is 14.4 Å². The zero-order valence-corrected chi connectivity index (χ0v) is 27.7. The van der Waals surface area contributed by atoms with Gasteiger partial charge in [-0.05, 0) is 83.1 Å². The quantitative estimate of drug-likeness (QED) is 0.166. The molecular weight excluding hydrogens is 659 g/mol. The Labute approximate surface area is 262 Å². The fourth-order valence-corrected chi connectivity index (χ4v) is 5.08. The molecule has 0 spiro atoms. The molecule has 2 atom stereocenters. The van der Waals surface area contributed by atoms with Gasteiger partial charge in [-0.15, -0.1) is 0 Å². The van der Waals surface area contributed by atoms with Crippen molar-refractivity contribution in [1.82, 2.24) is 14.9 Å². The number of halogens is 7. The van der Waals surface area contributed by atoms with Crippen LogP contribution in [0.5, 0.6) is 0 Å². The predicted octanol–water partition coefficient (Wildman–Crippen LogP) is 7.02. The van der Waals surface area contributed by atoms with Crippen molar-refractivity contribution >= 4 is 60.8 Å². The van der Waals surface area contributed by atoms with Gasteiger partial charge in [0.1, 0.15) is 23.9 Å². The summed E-state index contributed by atoms with van der Waals surface area (Å²) in [6, 6.07) is 3.19. The maximum Gasteiger partial charge on any atom is 0.415 e.